The predicted molar refractivity (Wildman–Crippen MR) is 99.6 cm³/mol. The van der Waals surface area contributed by atoms with Crippen molar-refractivity contribution in [2.24, 2.45) is 0 Å². The predicted octanol–water partition coefficient (Wildman–Crippen LogP) is 3.45. The molecule has 0 atom stereocenters. The highest BCUT2D eigenvalue weighted by molar-refractivity contribution is 7.89. The molecule has 0 aliphatic heterocycles. The monoisotopic (exact) mass is 376 g/mol. The zero-order chi connectivity index (χ0) is 18.9. The number of nitrogens with one attached hydrogen (secondary N) is 2. The first-order valence-corrected chi connectivity index (χ1v) is 9.71. The average Bonchev–Trinajstić information content (AvgIpc) is 2.92. The molecule has 1 aromatic heterocycles. The fourth-order valence-electron chi connectivity index (χ4n) is 2.99. The van der Waals surface area contributed by atoms with Crippen molar-refractivity contribution in [3.63, 3.8) is 0 Å². The Labute approximate surface area is 152 Å². The molecule has 1 heterocycles. The molecule has 0 spiro atoms. The van der Waals surface area contributed by atoms with Gasteiger partial charge < -0.3 is 9.72 Å². The lowest BCUT2D eigenvalue weighted by Crippen LogP contribution is -2.26. The number of sulfonamides is 1. The minimum atomic E-state index is -3.68. The number of ether oxygens (including phenoxy) is 1. The van der Waals surface area contributed by atoms with E-state index in [0.29, 0.717) is 12.0 Å². The molecule has 0 unspecified atom stereocenters. The molecule has 0 amide bonds. The Balaban J connectivity index is 1.78. The van der Waals surface area contributed by atoms with Crippen LogP contribution in [-0.2, 0) is 16.4 Å². The summed E-state index contributed by atoms with van der Waals surface area (Å²) in [6.07, 6.45) is 0.526. The van der Waals surface area contributed by atoms with Gasteiger partial charge in [-0.3, -0.25) is 0 Å². The van der Waals surface area contributed by atoms with E-state index in [-0.39, 0.29) is 11.4 Å². The highest BCUT2D eigenvalue weighted by Crippen LogP contribution is 2.26. The second kappa shape index (κ2) is 7.09. The van der Waals surface area contributed by atoms with Crippen molar-refractivity contribution in [2.75, 3.05) is 13.7 Å². The molecule has 26 heavy (non-hydrogen) atoms. The lowest BCUT2D eigenvalue weighted by Gasteiger charge is -2.08. The quantitative estimate of drug-likeness (QED) is 0.692. The first-order valence-electron chi connectivity index (χ1n) is 8.23. The molecule has 0 radical (unpaired) electrons. The van der Waals surface area contributed by atoms with Gasteiger partial charge >= 0.3 is 0 Å². The molecule has 0 fully saturated rings. The zero-order valence-corrected chi connectivity index (χ0v) is 15.7. The van der Waals surface area contributed by atoms with E-state index in [1.54, 1.807) is 7.11 Å². The van der Waals surface area contributed by atoms with Crippen LogP contribution >= 0.6 is 0 Å². The molecule has 0 aliphatic rings. The number of methoxy groups -OCH3 is 1. The number of halogens is 1. The number of aromatic nitrogens is 1. The van der Waals surface area contributed by atoms with Gasteiger partial charge in [-0.25, -0.2) is 17.5 Å². The Morgan fingerprint density at radius 2 is 1.92 bits per heavy atom. The van der Waals surface area contributed by atoms with Crippen LogP contribution < -0.4 is 9.46 Å². The van der Waals surface area contributed by atoms with E-state index in [1.165, 1.54) is 25.1 Å². The molecular weight excluding hydrogens is 355 g/mol. The van der Waals surface area contributed by atoms with Crippen molar-refractivity contribution >= 4 is 20.9 Å². The topological polar surface area (TPSA) is 71.2 Å². The van der Waals surface area contributed by atoms with Gasteiger partial charge in [0.1, 0.15) is 11.6 Å². The van der Waals surface area contributed by atoms with Crippen molar-refractivity contribution in [1.29, 1.82) is 0 Å². The van der Waals surface area contributed by atoms with Gasteiger partial charge in [-0.2, -0.15) is 0 Å². The number of hydrogen-bond donors (Lipinski definition) is 2. The highest BCUT2D eigenvalue weighted by Gasteiger charge is 2.16. The Bertz CT molecular complexity index is 1060. The smallest absolute Gasteiger partial charge is 0.240 e. The molecule has 5 nitrogen and oxygen atoms in total. The molecule has 2 N–H and O–H groups in total. The zero-order valence-electron chi connectivity index (χ0n) is 14.9. The van der Waals surface area contributed by atoms with E-state index in [4.69, 9.17) is 4.74 Å². The minimum Gasteiger partial charge on any atom is -0.497 e. The van der Waals surface area contributed by atoms with Gasteiger partial charge in [-0.15, -0.1) is 0 Å². The normalized spacial score (nSPS) is 11.8. The summed E-state index contributed by atoms with van der Waals surface area (Å²) in [6.45, 7) is 3.74. The summed E-state index contributed by atoms with van der Waals surface area (Å²) in [5.41, 5.74) is 3.31. The average molecular weight is 376 g/mol. The fraction of sp³-hybridized carbons (Fsp3) is 0.263. The van der Waals surface area contributed by atoms with Crippen LogP contribution in [0.15, 0.2) is 41.3 Å². The highest BCUT2D eigenvalue weighted by atomic mass is 32.2. The summed E-state index contributed by atoms with van der Waals surface area (Å²) in [5.74, 6) is 0.326. The first-order chi connectivity index (χ1) is 12.3. The fourth-order valence-corrected chi connectivity index (χ4v) is 4.11. The molecule has 3 rings (SSSR count). The summed E-state index contributed by atoms with van der Waals surface area (Å²) in [4.78, 5) is 3.36. The van der Waals surface area contributed by atoms with Gasteiger partial charge in [-0.1, -0.05) is 0 Å². The number of hydrogen-bond acceptors (Lipinski definition) is 3. The van der Waals surface area contributed by atoms with Crippen molar-refractivity contribution in [3.05, 3.63) is 59.0 Å². The molecular formula is C19H21FN2O3S. The summed E-state index contributed by atoms with van der Waals surface area (Å²) < 4.78 is 46.0. The molecule has 0 saturated carbocycles. The summed E-state index contributed by atoms with van der Waals surface area (Å²) in [5, 5.41) is 1.01. The van der Waals surface area contributed by atoms with E-state index in [9.17, 15) is 12.8 Å². The summed E-state index contributed by atoms with van der Waals surface area (Å²) in [7, 11) is -2.07. The third-order valence-electron chi connectivity index (χ3n) is 4.43. The van der Waals surface area contributed by atoms with Crippen LogP contribution in [0.4, 0.5) is 4.39 Å². The number of fused-ring (bicyclic) bond motifs is 1. The molecule has 0 saturated heterocycles. The second-order valence-corrected chi connectivity index (χ2v) is 7.97. The van der Waals surface area contributed by atoms with Crippen LogP contribution in [0.25, 0.3) is 10.9 Å². The Hall–Kier alpha value is -2.38. The third-order valence-corrected chi connectivity index (χ3v) is 5.89. The van der Waals surface area contributed by atoms with Crippen LogP contribution in [0.3, 0.4) is 0 Å². The molecule has 2 aromatic carbocycles. The number of benzene rings is 2. The maximum atomic E-state index is 13.4. The number of H-pyrrole nitrogens is 1. The van der Waals surface area contributed by atoms with Crippen LogP contribution in [-0.4, -0.2) is 27.1 Å². The van der Waals surface area contributed by atoms with E-state index >= 15 is 0 Å². The Morgan fingerprint density at radius 3 is 2.62 bits per heavy atom. The molecule has 0 bridgehead atoms. The van der Waals surface area contributed by atoms with Crippen molar-refractivity contribution < 1.29 is 17.5 Å². The number of aromatic amines is 1. The third kappa shape index (κ3) is 3.59. The van der Waals surface area contributed by atoms with Gasteiger partial charge in [0, 0.05) is 23.1 Å². The second-order valence-electron chi connectivity index (χ2n) is 6.20. The Kier molecular flexibility index (Phi) is 5.02. The van der Waals surface area contributed by atoms with Crippen LogP contribution in [0.1, 0.15) is 16.8 Å². The van der Waals surface area contributed by atoms with Gasteiger partial charge in [0.2, 0.25) is 10.0 Å². The van der Waals surface area contributed by atoms with E-state index in [2.05, 4.69) is 9.71 Å². The van der Waals surface area contributed by atoms with E-state index < -0.39 is 15.8 Å². The largest absolute Gasteiger partial charge is 0.497 e. The SMILES string of the molecule is COc1ccc2[nH]c(C)c(CCNS(=O)(=O)c3ccc(F)c(C)c3)c2c1. The van der Waals surface area contributed by atoms with Gasteiger partial charge in [0.25, 0.3) is 0 Å². The first kappa shape index (κ1) is 18.4. The molecule has 138 valence electrons. The maximum Gasteiger partial charge on any atom is 0.240 e. The molecule has 3 aromatic rings. The number of rotatable bonds is 6. The lowest BCUT2D eigenvalue weighted by molar-refractivity contribution is 0.415. The summed E-state index contributed by atoms with van der Waals surface area (Å²) in [6, 6.07) is 9.52. The molecule has 7 heteroatoms. The number of aryl methyl sites for hydroxylation is 2. The van der Waals surface area contributed by atoms with Gasteiger partial charge in [-0.05, 0) is 67.8 Å². The van der Waals surface area contributed by atoms with Crippen LogP contribution in [0, 0.1) is 19.7 Å². The van der Waals surface area contributed by atoms with Gasteiger partial charge in [0.15, 0.2) is 0 Å². The van der Waals surface area contributed by atoms with Crippen LogP contribution in [0.5, 0.6) is 5.75 Å². The Morgan fingerprint density at radius 1 is 1.15 bits per heavy atom. The molecule has 0 aliphatic carbocycles. The van der Waals surface area contributed by atoms with Crippen LogP contribution in [0.2, 0.25) is 0 Å². The van der Waals surface area contributed by atoms with Crippen molar-refractivity contribution in [2.45, 2.75) is 25.2 Å². The van der Waals surface area contributed by atoms with E-state index in [1.807, 2.05) is 25.1 Å². The standard InChI is InChI=1S/C19H21FN2O3S/c1-12-10-15(5-6-18(12)20)26(23,24)21-9-8-16-13(2)22-19-7-4-14(25-3)11-17(16)19/h4-7,10-11,21-22H,8-9H2,1-3H3. The lowest BCUT2D eigenvalue weighted by atomic mass is 10.1. The summed E-state index contributed by atoms with van der Waals surface area (Å²) >= 11 is 0. The van der Waals surface area contributed by atoms with Crippen molar-refractivity contribution in [3.8, 4) is 5.75 Å². The minimum absolute atomic E-state index is 0.0636. The van der Waals surface area contributed by atoms with Crippen molar-refractivity contribution in [1.82, 2.24) is 9.71 Å². The van der Waals surface area contributed by atoms with E-state index in [0.717, 1.165) is 27.9 Å². The maximum absolute atomic E-state index is 13.4. The van der Waals surface area contributed by atoms with Gasteiger partial charge in [0.05, 0.1) is 12.0 Å².